The van der Waals surface area contributed by atoms with Gasteiger partial charge in [0, 0.05) is 18.4 Å². The monoisotopic (exact) mass is 225 g/mol. The maximum absolute atomic E-state index is 9.89. The van der Waals surface area contributed by atoms with Gasteiger partial charge < -0.3 is 14.0 Å². The molecule has 1 aromatic rings. The van der Waals surface area contributed by atoms with Gasteiger partial charge in [0.1, 0.15) is 5.75 Å². The first kappa shape index (κ1) is 12.2. The highest BCUT2D eigenvalue weighted by atomic mass is 28.3. The lowest BCUT2D eigenvalue weighted by Crippen LogP contribution is -2.37. The van der Waals surface area contributed by atoms with Crippen LogP contribution in [-0.2, 0) is 8.85 Å². The molecule has 0 fully saturated rings. The summed E-state index contributed by atoms with van der Waals surface area (Å²) in [5, 5.41) is 10.7. The topological polar surface area (TPSA) is 38.7 Å². The van der Waals surface area contributed by atoms with E-state index in [1.807, 2.05) is 39.0 Å². The summed E-state index contributed by atoms with van der Waals surface area (Å²) in [5.74, 6) is 0.299. The molecule has 0 saturated carbocycles. The van der Waals surface area contributed by atoms with Gasteiger partial charge in [-0.25, -0.2) is 0 Å². The Labute approximate surface area is 92.5 Å². The molecule has 4 heteroatoms. The number of para-hydroxylation sites is 1. The molecule has 0 aromatic heterocycles. The lowest BCUT2D eigenvalue weighted by molar-refractivity contribution is 0.224. The van der Waals surface area contributed by atoms with Crippen molar-refractivity contribution in [1.29, 1.82) is 0 Å². The fraction of sp³-hybridized carbons (Fsp3) is 0.455. The summed E-state index contributed by atoms with van der Waals surface area (Å²) in [6, 6.07) is 5.64. The molecule has 1 N–H and O–H groups in total. The fourth-order valence-corrected chi connectivity index (χ4v) is 2.82. The van der Waals surface area contributed by atoms with E-state index < -0.39 is 9.28 Å². The van der Waals surface area contributed by atoms with Crippen molar-refractivity contribution in [2.75, 3.05) is 13.2 Å². The van der Waals surface area contributed by atoms with E-state index in [0.717, 1.165) is 10.8 Å². The molecule has 0 atom stereocenters. The minimum atomic E-state index is -1.53. The SMILES string of the molecule is CCO[Si](OCC)c1cccc(C)c1O. The molecule has 0 aliphatic carbocycles. The molecular formula is C11H17O3Si. The highest BCUT2D eigenvalue weighted by Crippen LogP contribution is 2.13. The van der Waals surface area contributed by atoms with Crippen LogP contribution in [0.15, 0.2) is 18.2 Å². The third-order valence-electron chi connectivity index (χ3n) is 2.01. The zero-order chi connectivity index (χ0) is 11.3. The van der Waals surface area contributed by atoms with Crippen molar-refractivity contribution in [2.24, 2.45) is 0 Å². The molecule has 0 amide bonds. The summed E-state index contributed by atoms with van der Waals surface area (Å²) >= 11 is 0. The normalized spacial score (nSPS) is 10.9. The third kappa shape index (κ3) is 3.05. The Morgan fingerprint density at radius 2 is 1.80 bits per heavy atom. The van der Waals surface area contributed by atoms with Gasteiger partial charge in [0.15, 0.2) is 0 Å². The van der Waals surface area contributed by atoms with Gasteiger partial charge in [-0.15, -0.1) is 0 Å². The summed E-state index contributed by atoms with van der Waals surface area (Å²) in [4.78, 5) is 0. The smallest absolute Gasteiger partial charge is 0.427 e. The van der Waals surface area contributed by atoms with E-state index >= 15 is 0 Å². The molecule has 0 unspecified atom stereocenters. The number of benzene rings is 1. The van der Waals surface area contributed by atoms with Gasteiger partial charge in [0.05, 0.1) is 0 Å². The van der Waals surface area contributed by atoms with Gasteiger partial charge in [-0.05, 0) is 26.3 Å². The van der Waals surface area contributed by atoms with Crippen LogP contribution in [0.25, 0.3) is 0 Å². The van der Waals surface area contributed by atoms with Crippen LogP contribution in [0.5, 0.6) is 5.75 Å². The molecule has 0 bridgehead atoms. The molecule has 0 saturated heterocycles. The van der Waals surface area contributed by atoms with Crippen molar-refractivity contribution in [2.45, 2.75) is 20.8 Å². The predicted molar refractivity (Wildman–Crippen MR) is 61.5 cm³/mol. The second-order valence-electron chi connectivity index (χ2n) is 3.12. The molecule has 3 nitrogen and oxygen atoms in total. The van der Waals surface area contributed by atoms with Gasteiger partial charge in [0.25, 0.3) is 0 Å². The van der Waals surface area contributed by atoms with Crippen LogP contribution in [0.3, 0.4) is 0 Å². The Hall–Kier alpha value is -0.843. The lowest BCUT2D eigenvalue weighted by atomic mass is 10.2. The molecule has 0 aliphatic heterocycles. The standard InChI is InChI=1S/C11H17O3Si/c1-4-13-15(14-5-2)10-8-6-7-9(3)11(10)12/h6-8,12H,4-5H2,1-3H3. The van der Waals surface area contributed by atoms with E-state index in [2.05, 4.69) is 0 Å². The van der Waals surface area contributed by atoms with Crippen LogP contribution in [-0.4, -0.2) is 27.6 Å². The Kier molecular flexibility index (Phi) is 4.81. The van der Waals surface area contributed by atoms with E-state index in [4.69, 9.17) is 8.85 Å². The van der Waals surface area contributed by atoms with Crippen LogP contribution < -0.4 is 5.19 Å². The van der Waals surface area contributed by atoms with Crippen molar-refractivity contribution in [3.8, 4) is 5.75 Å². The Balaban J connectivity index is 2.94. The van der Waals surface area contributed by atoms with Crippen molar-refractivity contribution >= 4 is 14.5 Å². The van der Waals surface area contributed by atoms with Crippen LogP contribution in [0, 0.1) is 6.92 Å². The lowest BCUT2D eigenvalue weighted by Gasteiger charge is -2.15. The molecule has 0 aliphatic rings. The summed E-state index contributed by atoms with van der Waals surface area (Å²) in [7, 11) is -1.53. The first-order valence-corrected chi connectivity index (χ1v) is 6.43. The minimum absolute atomic E-state index is 0.299. The summed E-state index contributed by atoms with van der Waals surface area (Å²) < 4.78 is 11.0. The number of phenols is 1. The Bertz CT molecular complexity index is 309. The molecular weight excluding hydrogens is 208 g/mol. The van der Waals surface area contributed by atoms with Gasteiger partial charge in [-0.2, -0.15) is 0 Å². The van der Waals surface area contributed by atoms with Crippen molar-refractivity contribution in [1.82, 2.24) is 0 Å². The predicted octanol–water partition coefficient (Wildman–Crippen LogP) is 1.47. The Morgan fingerprint density at radius 3 is 2.33 bits per heavy atom. The van der Waals surface area contributed by atoms with Crippen LogP contribution in [0.2, 0.25) is 0 Å². The van der Waals surface area contributed by atoms with Gasteiger partial charge in [-0.3, -0.25) is 0 Å². The average molecular weight is 225 g/mol. The van der Waals surface area contributed by atoms with Crippen LogP contribution >= 0.6 is 0 Å². The molecule has 15 heavy (non-hydrogen) atoms. The van der Waals surface area contributed by atoms with Crippen LogP contribution in [0.1, 0.15) is 19.4 Å². The van der Waals surface area contributed by atoms with E-state index in [-0.39, 0.29) is 0 Å². The van der Waals surface area contributed by atoms with Gasteiger partial charge in [-0.1, -0.05) is 18.2 Å². The molecule has 0 spiro atoms. The number of rotatable bonds is 5. The van der Waals surface area contributed by atoms with Gasteiger partial charge in [0.2, 0.25) is 0 Å². The van der Waals surface area contributed by atoms with Crippen molar-refractivity contribution < 1.29 is 14.0 Å². The summed E-state index contributed by atoms with van der Waals surface area (Å²) in [6.07, 6.45) is 0. The highest BCUT2D eigenvalue weighted by Gasteiger charge is 2.22. The van der Waals surface area contributed by atoms with E-state index in [0.29, 0.717) is 19.0 Å². The number of hydrogen-bond acceptors (Lipinski definition) is 3. The number of phenolic OH excluding ortho intramolecular Hbond substituents is 1. The summed E-state index contributed by atoms with van der Waals surface area (Å²) in [5.41, 5.74) is 0.856. The van der Waals surface area contributed by atoms with Crippen LogP contribution in [0.4, 0.5) is 0 Å². The quantitative estimate of drug-likeness (QED) is 0.771. The van der Waals surface area contributed by atoms with Crippen molar-refractivity contribution in [3.63, 3.8) is 0 Å². The van der Waals surface area contributed by atoms with Crippen molar-refractivity contribution in [3.05, 3.63) is 23.8 Å². The fourth-order valence-electron chi connectivity index (χ4n) is 1.28. The van der Waals surface area contributed by atoms with E-state index in [9.17, 15) is 5.11 Å². The molecule has 1 radical (unpaired) electrons. The zero-order valence-electron chi connectivity index (χ0n) is 9.41. The second-order valence-corrected chi connectivity index (χ2v) is 4.82. The zero-order valence-corrected chi connectivity index (χ0v) is 10.4. The molecule has 83 valence electrons. The molecule has 1 aromatic carbocycles. The third-order valence-corrected chi connectivity index (χ3v) is 3.95. The minimum Gasteiger partial charge on any atom is -0.508 e. The molecule has 0 heterocycles. The molecule has 1 rings (SSSR count). The number of aryl methyl sites for hydroxylation is 1. The van der Waals surface area contributed by atoms with Gasteiger partial charge >= 0.3 is 9.28 Å². The van der Waals surface area contributed by atoms with E-state index in [1.54, 1.807) is 0 Å². The Morgan fingerprint density at radius 1 is 1.20 bits per heavy atom. The first-order valence-electron chi connectivity index (χ1n) is 5.12. The largest absolute Gasteiger partial charge is 0.508 e. The maximum Gasteiger partial charge on any atom is 0.427 e. The van der Waals surface area contributed by atoms with E-state index in [1.165, 1.54) is 0 Å². The number of aromatic hydroxyl groups is 1. The average Bonchev–Trinajstić information content (AvgIpc) is 2.22. The maximum atomic E-state index is 9.89. The number of hydrogen-bond donors (Lipinski definition) is 1. The summed E-state index contributed by atoms with van der Waals surface area (Å²) in [6.45, 7) is 6.92. The second kappa shape index (κ2) is 5.90. The highest BCUT2D eigenvalue weighted by molar-refractivity contribution is 6.62. The first-order chi connectivity index (χ1) is 7.20.